The normalized spacial score (nSPS) is 12.9. The number of nitrogens with zero attached hydrogens (tertiary/aromatic N) is 1. The first kappa shape index (κ1) is 39.7. The number of hydrogen-bond acceptors (Lipinski definition) is 8. The molecule has 1 aliphatic heterocycles. The molecule has 6 aromatic rings. The molecule has 1 unspecified atom stereocenters. The molecule has 1 aromatic heterocycles. The van der Waals surface area contributed by atoms with Gasteiger partial charge < -0.3 is 25.6 Å². The molecule has 0 radical (unpaired) electrons. The zero-order valence-electron chi connectivity index (χ0n) is 31.8. The van der Waals surface area contributed by atoms with Crippen molar-refractivity contribution in [3.05, 3.63) is 166 Å². The summed E-state index contributed by atoms with van der Waals surface area (Å²) in [5, 5.41) is 10.3. The van der Waals surface area contributed by atoms with E-state index in [-0.39, 0.29) is 24.1 Å². The van der Waals surface area contributed by atoms with E-state index >= 15 is 0 Å². The van der Waals surface area contributed by atoms with Gasteiger partial charge in [-0.1, -0.05) is 97.1 Å². The molecule has 0 saturated heterocycles. The number of thioether (sulfide) groups is 1. The summed E-state index contributed by atoms with van der Waals surface area (Å²) in [7, 11) is 0. The van der Waals surface area contributed by atoms with Crippen molar-refractivity contribution < 1.29 is 28.7 Å². The van der Waals surface area contributed by atoms with Crippen molar-refractivity contribution in [3.8, 4) is 0 Å². The minimum Gasteiger partial charge on any atom is -0.462 e. The summed E-state index contributed by atoms with van der Waals surface area (Å²) in [4.78, 5) is 70.4. The molecule has 0 spiro atoms. The number of benzene rings is 5. The van der Waals surface area contributed by atoms with Crippen LogP contribution in [0.25, 0.3) is 16.8 Å². The van der Waals surface area contributed by atoms with E-state index in [9.17, 15) is 24.0 Å². The highest BCUT2D eigenvalue weighted by Gasteiger charge is 2.32. The van der Waals surface area contributed by atoms with Gasteiger partial charge in [0, 0.05) is 34.5 Å². The van der Waals surface area contributed by atoms with Gasteiger partial charge >= 0.3 is 5.97 Å². The fourth-order valence-electron chi connectivity index (χ4n) is 6.71. The Bertz CT molecular complexity index is 2530. The largest absolute Gasteiger partial charge is 0.462 e. The number of carbonyl (C=O) groups is 5. The Labute approximate surface area is 344 Å². The van der Waals surface area contributed by atoms with Crippen molar-refractivity contribution in [2.75, 3.05) is 23.8 Å². The van der Waals surface area contributed by atoms with Crippen LogP contribution in [0.15, 0.2) is 138 Å². The fraction of sp³-hybridized carbons (Fsp3) is 0.152. The first-order valence-corrected chi connectivity index (χ1v) is 20.4. The van der Waals surface area contributed by atoms with Crippen LogP contribution in [0.1, 0.15) is 61.4 Å². The van der Waals surface area contributed by atoms with E-state index in [4.69, 9.17) is 4.74 Å². The molecular formula is C46H40N4O6S2. The highest BCUT2D eigenvalue weighted by Crippen LogP contribution is 2.41. The summed E-state index contributed by atoms with van der Waals surface area (Å²) in [6.45, 7) is 4.23. The second kappa shape index (κ2) is 18.2. The van der Waals surface area contributed by atoms with E-state index in [1.807, 2.05) is 84.9 Å². The summed E-state index contributed by atoms with van der Waals surface area (Å²) in [6, 6.07) is 38.7. The summed E-state index contributed by atoms with van der Waals surface area (Å²) in [6.07, 6.45) is 2.14. The number of amides is 4. The van der Waals surface area contributed by atoms with Gasteiger partial charge in [0.05, 0.1) is 18.7 Å². The van der Waals surface area contributed by atoms with Crippen molar-refractivity contribution in [1.29, 1.82) is 0 Å². The molecule has 1 atom stereocenters. The van der Waals surface area contributed by atoms with E-state index < -0.39 is 23.0 Å². The molecule has 1 aliphatic rings. The number of esters is 1. The average Bonchev–Trinajstić information content (AvgIpc) is 3.60. The Balaban J connectivity index is 1.16. The molecular weight excluding hydrogens is 769 g/mol. The third-order valence-corrected chi connectivity index (χ3v) is 11.9. The molecule has 0 aliphatic carbocycles. The van der Waals surface area contributed by atoms with Crippen LogP contribution in [-0.4, -0.2) is 47.6 Å². The van der Waals surface area contributed by atoms with Crippen molar-refractivity contribution in [3.63, 3.8) is 0 Å². The van der Waals surface area contributed by atoms with Crippen LogP contribution < -0.4 is 16.0 Å². The highest BCUT2D eigenvalue weighted by atomic mass is 32.2. The van der Waals surface area contributed by atoms with Crippen molar-refractivity contribution in [1.82, 2.24) is 10.2 Å². The SMILES string of the molecule is CCOC(=O)c1c(NC(=O)C(Sc2cccc(NC(=O)/C(=C\c3cccc4ccccc34)NC(=O)c3ccccc3)c2)c2ccccc2)sc2c1CCN(C(C)=O)C2. The van der Waals surface area contributed by atoms with Crippen LogP contribution in [-0.2, 0) is 32.1 Å². The van der Waals surface area contributed by atoms with Crippen LogP contribution in [0.4, 0.5) is 10.7 Å². The zero-order valence-corrected chi connectivity index (χ0v) is 33.5. The monoisotopic (exact) mass is 808 g/mol. The number of carbonyl (C=O) groups excluding carboxylic acids is 5. The number of fused-ring (bicyclic) bond motifs is 2. The minimum absolute atomic E-state index is 0.0484. The molecule has 292 valence electrons. The van der Waals surface area contributed by atoms with Crippen LogP contribution in [0, 0.1) is 0 Å². The summed E-state index contributed by atoms with van der Waals surface area (Å²) >= 11 is 2.56. The lowest BCUT2D eigenvalue weighted by atomic mass is 10.0. The van der Waals surface area contributed by atoms with E-state index in [2.05, 4.69) is 16.0 Å². The van der Waals surface area contributed by atoms with Crippen molar-refractivity contribution in [2.45, 2.75) is 37.0 Å². The molecule has 12 heteroatoms. The van der Waals surface area contributed by atoms with Gasteiger partial charge in [0.15, 0.2) is 0 Å². The first-order valence-electron chi connectivity index (χ1n) is 18.8. The maximum atomic E-state index is 14.3. The lowest BCUT2D eigenvalue weighted by Gasteiger charge is -2.25. The molecule has 2 heterocycles. The van der Waals surface area contributed by atoms with Gasteiger partial charge in [0.1, 0.15) is 15.9 Å². The van der Waals surface area contributed by atoms with Crippen LogP contribution in [0.2, 0.25) is 0 Å². The van der Waals surface area contributed by atoms with Crippen LogP contribution in [0.3, 0.4) is 0 Å². The lowest BCUT2D eigenvalue weighted by Crippen LogP contribution is -2.34. The van der Waals surface area contributed by atoms with Crippen LogP contribution in [0.5, 0.6) is 0 Å². The molecule has 3 N–H and O–H groups in total. The van der Waals surface area contributed by atoms with Gasteiger partial charge in [-0.15, -0.1) is 23.1 Å². The molecule has 0 saturated carbocycles. The number of rotatable bonds is 12. The second-order valence-electron chi connectivity index (χ2n) is 13.4. The Morgan fingerprint density at radius 3 is 2.31 bits per heavy atom. The number of nitrogens with one attached hydrogen (secondary N) is 3. The number of thiophene rings is 1. The number of hydrogen-bond donors (Lipinski definition) is 3. The van der Waals surface area contributed by atoms with E-state index in [1.54, 1.807) is 60.4 Å². The van der Waals surface area contributed by atoms with Crippen molar-refractivity contribution in [2.24, 2.45) is 0 Å². The standard InChI is InChI=1S/C46H40N4O6S2/c1-3-56-46(55)40-37-24-25-50(29(2)51)28-39(37)58-45(40)49-44(54)41(31-15-6-4-7-16-31)57-35-22-13-21-34(27-35)47-43(53)38(48-42(52)32-17-8-5-9-18-32)26-33-20-12-19-30-14-10-11-23-36(30)33/h4-23,26-27,41H,3,24-25,28H2,1-2H3,(H,47,53)(H,48,52)(H,49,54)/b38-26+. The van der Waals surface area contributed by atoms with Crippen molar-refractivity contribution >= 4 is 80.2 Å². The molecule has 0 fully saturated rings. The molecule has 4 amide bonds. The third-order valence-electron chi connectivity index (χ3n) is 9.56. The van der Waals surface area contributed by atoms with E-state index in [0.29, 0.717) is 46.2 Å². The van der Waals surface area contributed by atoms with E-state index in [1.165, 1.54) is 30.0 Å². The molecule has 10 nitrogen and oxygen atoms in total. The summed E-state index contributed by atoms with van der Waals surface area (Å²) in [5.74, 6) is -1.91. The van der Waals surface area contributed by atoms with Gasteiger partial charge in [-0.3, -0.25) is 19.2 Å². The predicted molar refractivity (Wildman–Crippen MR) is 230 cm³/mol. The maximum Gasteiger partial charge on any atom is 0.341 e. The Morgan fingerprint density at radius 2 is 1.55 bits per heavy atom. The van der Waals surface area contributed by atoms with Crippen LogP contribution >= 0.6 is 23.1 Å². The average molecular weight is 809 g/mol. The smallest absolute Gasteiger partial charge is 0.341 e. The third kappa shape index (κ3) is 9.20. The second-order valence-corrected chi connectivity index (χ2v) is 15.7. The Morgan fingerprint density at radius 1 is 0.845 bits per heavy atom. The van der Waals surface area contributed by atoms with E-state index in [0.717, 1.165) is 32.3 Å². The number of ether oxygens (including phenoxy) is 1. The van der Waals surface area contributed by atoms with Gasteiger partial charge in [-0.25, -0.2) is 4.79 Å². The maximum absolute atomic E-state index is 14.3. The zero-order chi connectivity index (χ0) is 40.6. The van der Waals surface area contributed by atoms with Gasteiger partial charge in [-0.05, 0) is 77.2 Å². The fourth-order valence-corrected chi connectivity index (χ4v) is 9.05. The summed E-state index contributed by atoms with van der Waals surface area (Å²) in [5.41, 5.74) is 3.50. The predicted octanol–water partition coefficient (Wildman–Crippen LogP) is 8.86. The number of anilines is 2. The minimum atomic E-state index is -0.762. The van der Waals surface area contributed by atoms with Gasteiger partial charge in [0.2, 0.25) is 11.8 Å². The van der Waals surface area contributed by atoms with Gasteiger partial charge in [0.25, 0.3) is 11.8 Å². The molecule has 58 heavy (non-hydrogen) atoms. The Hall–Kier alpha value is -6.50. The van der Waals surface area contributed by atoms with Gasteiger partial charge in [-0.2, -0.15) is 0 Å². The molecule has 5 aromatic carbocycles. The lowest BCUT2D eigenvalue weighted by molar-refractivity contribution is -0.129. The molecule has 7 rings (SSSR count). The highest BCUT2D eigenvalue weighted by molar-refractivity contribution is 8.00. The quantitative estimate of drug-likeness (QED) is 0.0639. The molecule has 0 bridgehead atoms. The first-order chi connectivity index (χ1) is 28.2. The summed E-state index contributed by atoms with van der Waals surface area (Å²) < 4.78 is 5.42. The topological polar surface area (TPSA) is 134 Å². The Kier molecular flexibility index (Phi) is 12.5.